The van der Waals surface area contributed by atoms with Crippen LogP contribution in [-0.4, -0.2) is 23.7 Å². The number of hydrogen-bond acceptors (Lipinski definition) is 5. The highest BCUT2D eigenvalue weighted by molar-refractivity contribution is 8.00. The van der Waals surface area contributed by atoms with Crippen molar-refractivity contribution in [2.45, 2.75) is 30.9 Å². The standard InChI is InChI=1S/C17H19NO3S2/c1-4-21-17(20)15-11(2)10-14(23-15)18-16(19)12(3)22-13-8-6-5-7-9-13/h5-10,12H,4H2,1-3H3,(H,18,19). The molecule has 6 heteroatoms. The third-order valence-electron chi connectivity index (χ3n) is 3.05. The molecular weight excluding hydrogens is 330 g/mol. The van der Waals surface area contributed by atoms with Crippen LogP contribution in [0, 0.1) is 6.92 Å². The molecule has 1 amide bonds. The summed E-state index contributed by atoms with van der Waals surface area (Å²) >= 11 is 2.74. The van der Waals surface area contributed by atoms with Crippen LogP contribution in [0.5, 0.6) is 0 Å². The van der Waals surface area contributed by atoms with Crippen molar-refractivity contribution in [3.05, 3.63) is 46.8 Å². The van der Waals surface area contributed by atoms with Gasteiger partial charge >= 0.3 is 5.97 Å². The Morgan fingerprint density at radius 2 is 2.00 bits per heavy atom. The van der Waals surface area contributed by atoms with Gasteiger partial charge in [0.25, 0.3) is 0 Å². The number of carbonyl (C=O) groups excluding carboxylic acids is 2. The predicted octanol–water partition coefficient (Wildman–Crippen LogP) is 4.35. The van der Waals surface area contributed by atoms with Gasteiger partial charge in [0.2, 0.25) is 5.91 Å². The molecule has 2 aromatic rings. The SMILES string of the molecule is CCOC(=O)c1sc(NC(=O)C(C)Sc2ccccc2)cc1C. The molecule has 0 aliphatic heterocycles. The van der Waals surface area contributed by atoms with E-state index in [1.807, 2.05) is 44.2 Å². The lowest BCUT2D eigenvalue weighted by Gasteiger charge is -2.10. The second-order valence-electron chi connectivity index (χ2n) is 4.91. The minimum atomic E-state index is -0.345. The van der Waals surface area contributed by atoms with Crippen molar-refractivity contribution in [3.63, 3.8) is 0 Å². The van der Waals surface area contributed by atoms with Gasteiger partial charge in [0.05, 0.1) is 16.9 Å². The number of amides is 1. The molecule has 0 bridgehead atoms. The minimum Gasteiger partial charge on any atom is -0.462 e. The summed E-state index contributed by atoms with van der Waals surface area (Å²) in [5, 5.41) is 3.30. The van der Waals surface area contributed by atoms with Gasteiger partial charge in [0, 0.05) is 4.90 Å². The van der Waals surface area contributed by atoms with Crippen molar-refractivity contribution >= 4 is 40.0 Å². The van der Waals surface area contributed by atoms with E-state index in [0.717, 1.165) is 10.5 Å². The number of carbonyl (C=O) groups is 2. The van der Waals surface area contributed by atoms with Gasteiger partial charge in [-0.1, -0.05) is 18.2 Å². The highest BCUT2D eigenvalue weighted by Crippen LogP contribution is 2.29. The number of thioether (sulfide) groups is 1. The second-order valence-corrected chi connectivity index (χ2v) is 7.37. The zero-order chi connectivity index (χ0) is 16.8. The van der Waals surface area contributed by atoms with E-state index < -0.39 is 0 Å². The molecule has 2 rings (SSSR count). The van der Waals surface area contributed by atoms with Crippen LogP contribution in [0.2, 0.25) is 0 Å². The van der Waals surface area contributed by atoms with Crippen LogP contribution in [0.3, 0.4) is 0 Å². The molecule has 0 aliphatic rings. The summed E-state index contributed by atoms with van der Waals surface area (Å²) in [6.07, 6.45) is 0. The van der Waals surface area contributed by atoms with Crippen LogP contribution < -0.4 is 5.32 Å². The maximum Gasteiger partial charge on any atom is 0.348 e. The van der Waals surface area contributed by atoms with E-state index >= 15 is 0 Å². The first-order chi connectivity index (χ1) is 11.0. The van der Waals surface area contributed by atoms with E-state index in [1.165, 1.54) is 23.1 Å². The summed E-state index contributed by atoms with van der Waals surface area (Å²) in [7, 11) is 0. The highest BCUT2D eigenvalue weighted by Gasteiger charge is 2.19. The fourth-order valence-corrected chi connectivity index (χ4v) is 3.78. The molecule has 0 radical (unpaired) electrons. The van der Waals surface area contributed by atoms with E-state index in [2.05, 4.69) is 5.32 Å². The number of hydrogen-bond donors (Lipinski definition) is 1. The molecule has 0 saturated carbocycles. The third kappa shape index (κ3) is 4.84. The molecule has 1 aromatic heterocycles. The fraction of sp³-hybridized carbons (Fsp3) is 0.294. The zero-order valence-electron chi connectivity index (χ0n) is 13.3. The Balaban J connectivity index is 2.00. The normalized spacial score (nSPS) is 11.8. The molecule has 0 fully saturated rings. The number of aryl methyl sites for hydroxylation is 1. The van der Waals surface area contributed by atoms with E-state index in [4.69, 9.17) is 4.74 Å². The Hall–Kier alpha value is -1.79. The maximum absolute atomic E-state index is 12.3. The number of benzene rings is 1. The van der Waals surface area contributed by atoms with Crippen molar-refractivity contribution in [2.75, 3.05) is 11.9 Å². The number of esters is 1. The van der Waals surface area contributed by atoms with Crippen molar-refractivity contribution in [1.29, 1.82) is 0 Å². The molecule has 4 nitrogen and oxygen atoms in total. The van der Waals surface area contributed by atoms with Gasteiger partial charge in [-0.25, -0.2) is 4.79 Å². The molecule has 23 heavy (non-hydrogen) atoms. The van der Waals surface area contributed by atoms with Gasteiger partial charge in [0.1, 0.15) is 4.88 Å². The van der Waals surface area contributed by atoms with Crippen molar-refractivity contribution in [2.24, 2.45) is 0 Å². The first kappa shape index (κ1) is 17.6. The summed E-state index contributed by atoms with van der Waals surface area (Å²) in [5.74, 6) is -0.433. The molecule has 0 saturated heterocycles. The third-order valence-corrected chi connectivity index (χ3v) is 5.29. The molecule has 1 aromatic carbocycles. The predicted molar refractivity (Wildman–Crippen MR) is 95.4 cm³/mol. The summed E-state index contributed by atoms with van der Waals surface area (Å²) < 4.78 is 5.01. The Labute approximate surface area is 144 Å². The van der Waals surface area contributed by atoms with E-state index in [1.54, 1.807) is 13.0 Å². The van der Waals surface area contributed by atoms with Gasteiger partial charge in [-0.15, -0.1) is 23.1 Å². The molecule has 0 spiro atoms. The van der Waals surface area contributed by atoms with Crippen molar-refractivity contribution < 1.29 is 14.3 Å². The molecular formula is C17H19NO3S2. The zero-order valence-corrected chi connectivity index (χ0v) is 14.9. The lowest BCUT2D eigenvalue weighted by Crippen LogP contribution is -2.21. The van der Waals surface area contributed by atoms with Crippen molar-refractivity contribution in [1.82, 2.24) is 0 Å². The summed E-state index contributed by atoms with van der Waals surface area (Å²) in [5.41, 5.74) is 0.812. The van der Waals surface area contributed by atoms with Crippen LogP contribution in [0.25, 0.3) is 0 Å². The van der Waals surface area contributed by atoms with Gasteiger partial charge in [-0.3, -0.25) is 4.79 Å². The number of thiophene rings is 1. The summed E-state index contributed by atoms with van der Waals surface area (Å²) in [6.45, 7) is 5.80. The van der Waals surface area contributed by atoms with Crippen molar-refractivity contribution in [3.8, 4) is 0 Å². The van der Waals surface area contributed by atoms with E-state index in [-0.39, 0.29) is 17.1 Å². The Kier molecular flexibility index (Phi) is 6.24. The second kappa shape index (κ2) is 8.17. The van der Waals surface area contributed by atoms with E-state index in [0.29, 0.717) is 16.5 Å². The van der Waals surface area contributed by atoms with Gasteiger partial charge in [-0.05, 0) is 44.5 Å². The molecule has 1 heterocycles. The topological polar surface area (TPSA) is 55.4 Å². The first-order valence-electron chi connectivity index (χ1n) is 7.31. The minimum absolute atomic E-state index is 0.0875. The molecule has 1 atom stereocenters. The smallest absolute Gasteiger partial charge is 0.348 e. The van der Waals surface area contributed by atoms with Crippen LogP contribution in [0.4, 0.5) is 5.00 Å². The number of anilines is 1. The number of ether oxygens (including phenoxy) is 1. The number of nitrogens with one attached hydrogen (secondary N) is 1. The average Bonchev–Trinajstić information content (AvgIpc) is 2.89. The Morgan fingerprint density at radius 3 is 2.65 bits per heavy atom. The fourth-order valence-electron chi connectivity index (χ4n) is 1.92. The molecule has 0 aliphatic carbocycles. The highest BCUT2D eigenvalue weighted by atomic mass is 32.2. The van der Waals surface area contributed by atoms with Crippen LogP contribution in [0.15, 0.2) is 41.3 Å². The average molecular weight is 349 g/mol. The number of rotatable bonds is 6. The Bertz CT molecular complexity index is 682. The van der Waals surface area contributed by atoms with E-state index in [9.17, 15) is 9.59 Å². The quantitative estimate of drug-likeness (QED) is 0.622. The Morgan fingerprint density at radius 1 is 1.30 bits per heavy atom. The molecule has 122 valence electrons. The first-order valence-corrected chi connectivity index (χ1v) is 9.01. The monoisotopic (exact) mass is 349 g/mol. The van der Waals surface area contributed by atoms with Crippen LogP contribution in [-0.2, 0) is 9.53 Å². The van der Waals surface area contributed by atoms with Gasteiger partial charge < -0.3 is 10.1 Å². The summed E-state index contributed by atoms with van der Waals surface area (Å²) in [6, 6.07) is 11.6. The van der Waals surface area contributed by atoms with Crippen LogP contribution in [0.1, 0.15) is 29.1 Å². The molecule has 1 unspecified atom stereocenters. The van der Waals surface area contributed by atoms with Gasteiger partial charge in [-0.2, -0.15) is 0 Å². The largest absolute Gasteiger partial charge is 0.462 e. The summed E-state index contributed by atoms with van der Waals surface area (Å²) in [4.78, 5) is 25.7. The van der Waals surface area contributed by atoms with Crippen LogP contribution >= 0.6 is 23.1 Å². The lowest BCUT2D eigenvalue weighted by atomic mass is 10.3. The lowest BCUT2D eigenvalue weighted by molar-refractivity contribution is -0.115. The maximum atomic E-state index is 12.3. The molecule has 1 N–H and O–H groups in total. The van der Waals surface area contributed by atoms with Gasteiger partial charge in [0.15, 0.2) is 0 Å².